The van der Waals surface area contributed by atoms with E-state index < -0.39 is 5.63 Å². The first kappa shape index (κ1) is 20.8. The maximum Gasteiger partial charge on any atom is 0.343 e. The first-order valence-electron chi connectivity index (χ1n) is 10.8. The first-order chi connectivity index (χ1) is 14.6. The highest BCUT2D eigenvalue weighted by Crippen LogP contribution is 2.26. The molecule has 2 aliphatic rings. The van der Waals surface area contributed by atoms with Crippen molar-refractivity contribution in [1.82, 2.24) is 9.80 Å². The molecule has 0 spiro atoms. The van der Waals surface area contributed by atoms with Crippen LogP contribution < -0.4 is 15.3 Å². The number of piperidine rings is 1. The van der Waals surface area contributed by atoms with Gasteiger partial charge in [-0.1, -0.05) is 12.5 Å². The monoisotopic (exact) mass is 413 g/mol. The minimum Gasteiger partial charge on any atom is -0.507 e. The molecule has 3 heterocycles. The SMILES string of the molecule is COc1cccc(N2CCN(Cc3coc(=O)c(CN4CCCCC4)c3O)CC2)c1. The van der Waals surface area contributed by atoms with Gasteiger partial charge in [0, 0.05) is 56.6 Å². The molecule has 0 radical (unpaired) electrons. The number of ether oxygens (including phenoxy) is 1. The zero-order valence-electron chi connectivity index (χ0n) is 17.7. The van der Waals surface area contributed by atoms with E-state index in [9.17, 15) is 9.90 Å². The van der Waals surface area contributed by atoms with E-state index in [0.717, 1.165) is 63.5 Å². The molecule has 162 valence electrons. The molecule has 7 nitrogen and oxygen atoms in total. The number of hydrogen-bond acceptors (Lipinski definition) is 7. The summed E-state index contributed by atoms with van der Waals surface area (Å²) in [5.41, 5.74) is 1.82. The van der Waals surface area contributed by atoms with Crippen LogP contribution in [0.4, 0.5) is 5.69 Å². The predicted octanol–water partition coefficient (Wildman–Crippen LogP) is 2.66. The minimum absolute atomic E-state index is 0.104. The highest BCUT2D eigenvalue weighted by molar-refractivity contribution is 5.51. The Hall–Kier alpha value is -2.51. The number of benzene rings is 1. The van der Waals surface area contributed by atoms with Gasteiger partial charge >= 0.3 is 5.63 Å². The molecule has 0 saturated carbocycles. The Morgan fingerprint density at radius 2 is 1.73 bits per heavy atom. The number of methoxy groups -OCH3 is 1. The summed E-state index contributed by atoms with van der Waals surface area (Å²) in [5, 5.41) is 10.8. The van der Waals surface area contributed by atoms with Crippen LogP contribution in [0.15, 0.2) is 39.7 Å². The molecule has 2 aromatic rings. The van der Waals surface area contributed by atoms with Gasteiger partial charge in [-0.2, -0.15) is 0 Å². The lowest BCUT2D eigenvalue weighted by molar-refractivity contribution is 0.212. The molecule has 2 fully saturated rings. The Balaban J connectivity index is 1.39. The van der Waals surface area contributed by atoms with Crippen LogP contribution in [0.25, 0.3) is 0 Å². The number of anilines is 1. The molecule has 0 bridgehead atoms. The van der Waals surface area contributed by atoms with Crippen molar-refractivity contribution < 1.29 is 14.3 Å². The van der Waals surface area contributed by atoms with E-state index in [1.807, 2.05) is 12.1 Å². The second-order valence-electron chi connectivity index (χ2n) is 8.18. The number of nitrogens with zero attached hydrogens (tertiary/aromatic N) is 3. The average Bonchev–Trinajstić information content (AvgIpc) is 2.80. The summed E-state index contributed by atoms with van der Waals surface area (Å²) in [6, 6.07) is 8.12. The highest BCUT2D eigenvalue weighted by Gasteiger charge is 2.22. The van der Waals surface area contributed by atoms with Gasteiger partial charge in [-0.15, -0.1) is 0 Å². The molecule has 2 aliphatic heterocycles. The number of hydrogen-bond donors (Lipinski definition) is 1. The zero-order valence-corrected chi connectivity index (χ0v) is 17.7. The van der Waals surface area contributed by atoms with E-state index >= 15 is 0 Å². The van der Waals surface area contributed by atoms with Crippen molar-refractivity contribution in [1.29, 1.82) is 0 Å². The predicted molar refractivity (Wildman–Crippen MR) is 116 cm³/mol. The normalized spacial score (nSPS) is 18.5. The summed E-state index contributed by atoms with van der Waals surface area (Å²) in [5.74, 6) is 0.965. The van der Waals surface area contributed by atoms with Crippen LogP contribution >= 0.6 is 0 Å². The third-order valence-corrected chi connectivity index (χ3v) is 6.16. The maximum atomic E-state index is 12.2. The van der Waals surface area contributed by atoms with Gasteiger partial charge in [-0.3, -0.25) is 9.80 Å². The molecule has 7 heteroatoms. The van der Waals surface area contributed by atoms with Gasteiger partial charge in [0.15, 0.2) is 0 Å². The lowest BCUT2D eigenvalue weighted by Crippen LogP contribution is -2.46. The van der Waals surface area contributed by atoms with Crippen LogP contribution in [-0.2, 0) is 13.1 Å². The highest BCUT2D eigenvalue weighted by atomic mass is 16.5. The number of aromatic hydroxyl groups is 1. The third kappa shape index (κ3) is 4.79. The maximum absolute atomic E-state index is 12.2. The Morgan fingerprint density at radius 3 is 2.47 bits per heavy atom. The molecule has 0 unspecified atom stereocenters. The standard InChI is InChI=1S/C23H31N3O4/c1-29-20-7-5-6-19(14-20)26-12-10-25(11-13-26)15-18-17-30-23(28)21(22(18)27)16-24-8-3-2-4-9-24/h5-7,14,17,27H,2-4,8-13,15-16H2,1H3. The summed E-state index contributed by atoms with van der Waals surface area (Å²) < 4.78 is 10.6. The van der Waals surface area contributed by atoms with Gasteiger partial charge < -0.3 is 19.2 Å². The summed E-state index contributed by atoms with van der Waals surface area (Å²) in [4.78, 5) is 19.1. The Kier molecular flexibility index (Phi) is 6.59. The van der Waals surface area contributed by atoms with Crippen LogP contribution in [-0.4, -0.2) is 61.3 Å². The van der Waals surface area contributed by atoms with Gasteiger partial charge in [-0.25, -0.2) is 4.79 Å². The van der Waals surface area contributed by atoms with E-state index in [2.05, 4.69) is 26.8 Å². The average molecular weight is 414 g/mol. The number of rotatable bonds is 6. The first-order valence-corrected chi connectivity index (χ1v) is 10.8. The fourth-order valence-corrected chi connectivity index (χ4v) is 4.35. The van der Waals surface area contributed by atoms with E-state index in [-0.39, 0.29) is 5.75 Å². The second kappa shape index (κ2) is 9.53. The summed E-state index contributed by atoms with van der Waals surface area (Å²) in [7, 11) is 1.68. The molecule has 30 heavy (non-hydrogen) atoms. The van der Waals surface area contributed by atoms with Crippen LogP contribution in [0.5, 0.6) is 11.5 Å². The molecule has 2 saturated heterocycles. The van der Waals surface area contributed by atoms with Crippen molar-refractivity contribution in [2.45, 2.75) is 32.4 Å². The summed E-state index contributed by atoms with van der Waals surface area (Å²) >= 11 is 0. The quantitative estimate of drug-likeness (QED) is 0.781. The van der Waals surface area contributed by atoms with Gasteiger partial charge in [-0.05, 0) is 38.1 Å². The van der Waals surface area contributed by atoms with Crippen LogP contribution in [0.3, 0.4) is 0 Å². The molecule has 1 aromatic carbocycles. The van der Waals surface area contributed by atoms with Crippen molar-refractivity contribution in [2.24, 2.45) is 0 Å². The Bertz CT molecular complexity index is 900. The Labute approximate surface area is 177 Å². The summed E-state index contributed by atoms with van der Waals surface area (Å²) in [6.45, 7) is 6.51. The topological polar surface area (TPSA) is 69.4 Å². The van der Waals surface area contributed by atoms with Gasteiger partial charge in [0.05, 0.1) is 12.7 Å². The largest absolute Gasteiger partial charge is 0.507 e. The zero-order chi connectivity index (χ0) is 20.9. The molecular weight excluding hydrogens is 382 g/mol. The molecule has 1 N–H and O–H groups in total. The molecule has 0 aliphatic carbocycles. The lowest BCUT2D eigenvalue weighted by atomic mass is 10.1. The molecular formula is C23H31N3O4. The second-order valence-corrected chi connectivity index (χ2v) is 8.18. The molecule has 0 atom stereocenters. The fraction of sp³-hybridized carbons (Fsp3) is 0.522. The van der Waals surface area contributed by atoms with Crippen molar-refractivity contribution >= 4 is 5.69 Å². The van der Waals surface area contributed by atoms with Crippen molar-refractivity contribution in [3.05, 3.63) is 52.1 Å². The van der Waals surface area contributed by atoms with E-state index in [0.29, 0.717) is 24.2 Å². The van der Waals surface area contributed by atoms with E-state index in [4.69, 9.17) is 9.15 Å². The van der Waals surface area contributed by atoms with Gasteiger partial charge in [0.2, 0.25) is 0 Å². The lowest BCUT2D eigenvalue weighted by Gasteiger charge is -2.36. The molecule has 0 amide bonds. The smallest absolute Gasteiger partial charge is 0.343 e. The summed E-state index contributed by atoms with van der Waals surface area (Å²) in [6.07, 6.45) is 4.94. The van der Waals surface area contributed by atoms with Crippen molar-refractivity contribution in [3.63, 3.8) is 0 Å². The third-order valence-electron chi connectivity index (χ3n) is 6.16. The van der Waals surface area contributed by atoms with E-state index in [1.165, 1.54) is 12.7 Å². The molecule has 4 rings (SSSR count). The van der Waals surface area contributed by atoms with Gasteiger partial charge in [0.1, 0.15) is 17.8 Å². The van der Waals surface area contributed by atoms with Crippen molar-refractivity contribution in [3.8, 4) is 11.5 Å². The molecule has 1 aromatic heterocycles. The van der Waals surface area contributed by atoms with E-state index in [1.54, 1.807) is 7.11 Å². The van der Waals surface area contributed by atoms with Crippen LogP contribution in [0, 0.1) is 0 Å². The van der Waals surface area contributed by atoms with Crippen LogP contribution in [0.1, 0.15) is 30.4 Å². The van der Waals surface area contributed by atoms with Crippen LogP contribution in [0.2, 0.25) is 0 Å². The van der Waals surface area contributed by atoms with Gasteiger partial charge in [0.25, 0.3) is 0 Å². The Morgan fingerprint density at radius 1 is 1.00 bits per heavy atom. The van der Waals surface area contributed by atoms with Crippen molar-refractivity contribution in [2.75, 3.05) is 51.3 Å². The number of likely N-dealkylation sites (tertiary alicyclic amines) is 1. The fourth-order valence-electron chi connectivity index (χ4n) is 4.35. The number of piperazine rings is 1. The minimum atomic E-state index is -0.426.